The quantitative estimate of drug-likeness (QED) is 0.469. The molecule has 0 aliphatic heterocycles. The molecule has 0 aromatic carbocycles. The van der Waals surface area contributed by atoms with Crippen molar-refractivity contribution < 1.29 is 29.5 Å². The second kappa shape index (κ2) is 10.7. The van der Waals surface area contributed by atoms with E-state index in [0.717, 1.165) is 0 Å². The van der Waals surface area contributed by atoms with Crippen LogP contribution < -0.4 is 0 Å². The molecule has 0 amide bonds. The molecule has 18 heavy (non-hydrogen) atoms. The molecule has 6 heteroatoms. The van der Waals surface area contributed by atoms with Crippen LogP contribution in [0, 0.1) is 0 Å². The van der Waals surface area contributed by atoms with E-state index >= 15 is 0 Å². The molecule has 0 saturated heterocycles. The SMILES string of the molecule is CCOC[C@@H](O)[C@H](OCC)[C@H](O)[C@H](CO)OCC. The first-order valence-corrected chi connectivity index (χ1v) is 6.40. The van der Waals surface area contributed by atoms with E-state index in [1.54, 1.807) is 13.8 Å². The molecule has 0 saturated carbocycles. The van der Waals surface area contributed by atoms with E-state index in [1.165, 1.54) is 0 Å². The summed E-state index contributed by atoms with van der Waals surface area (Å²) in [4.78, 5) is 0. The van der Waals surface area contributed by atoms with Crippen molar-refractivity contribution in [3.63, 3.8) is 0 Å². The summed E-state index contributed by atoms with van der Waals surface area (Å²) in [5, 5.41) is 29.1. The monoisotopic (exact) mass is 266 g/mol. The van der Waals surface area contributed by atoms with Crippen molar-refractivity contribution in [2.24, 2.45) is 0 Å². The summed E-state index contributed by atoms with van der Waals surface area (Å²) in [6.07, 6.45) is -3.69. The summed E-state index contributed by atoms with van der Waals surface area (Å²) in [6.45, 7) is 6.26. The molecule has 0 aromatic rings. The van der Waals surface area contributed by atoms with E-state index in [1.807, 2.05) is 6.92 Å². The van der Waals surface area contributed by atoms with Gasteiger partial charge < -0.3 is 29.5 Å². The summed E-state index contributed by atoms with van der Waals surface area (Å²) in [5.41, 5.74) is 0. The Morgan fingerprint density at radius 3 is 2.00 bits per heavy atom. The van der Waals surface area contributed by atoms with Crippen molar-refractivity contribution in [3.8, 4) is 0 Å². The molecule has 110 valence electrons. The standard InChI is InChI=1S/C12H26O6/c1-4-16-8-9(14)12(18-6-3)11(15)10(7-13)17-5-2/h9-15H,4-8H2,1-3H3/t9-,10+,11-,12+/m1/s1. The molecule has 0 rings (SSSR count). The van der Waals surface area contributed by atoms with Crippen LogP contribution in [0.15, 0.2) is 0 Å². The van der Waals surface area contributed by atoms with Gasteiger partial charge in [0.15, 0.2) is 0 Å². The molecule has 4 atom stereocenters. The third-order valence-corrected chi connectivity index (χ3v) is 2.51. The number of ether oxygens (including phenoxy) is 3. The van der Waals surface area contributed by atoms with Gasteiger partial charge in [0.05, 0.1) is 13.2 Å². The average Bonchev–Trinajstić information content (AvgIpc) is 2.38. The van der Waals surface area contributed by atoms with Crippen molar-refractivity contribution in [3.05, 3.63) is 0 Å². The van der Waals surface area contributed by atoms with Gasteiger partial charge in [-0.3, -0.25) is 0 Å². The molecule has 0 aliphatic carbocycles. The third-order valence-electron chi connectivity index (χ3n) is 2.51. The lowest BCUT2D eigenvalue weighted by molar-refractivity contribution is -0.162. The van der Waals surface area contributed by atoms with Gasteiger partial charge in [0, 0.05) is 19.8 Å². The second-order valence-electron chi connectivity index (χ2n) is 3.81. The van der Waals surface area contributed by atoms with Gasteiger partial charge in [-0.05, 0) is 20.8 Å². The Bertz CT molecular complexity index is 189. The topological polar surface area (TPSA) is 88.4 Å². The Morgan fingerprint density at radius 2 is 1.56 bits per heavy atom. The van der Waals surface area contributed by atoms with E-state index in [2.05, 4.69) is 0 Å². The molecule has 0 spiro atoms. The van der Waals surface area contributed by atoms with Crippen LogP contribution in [0.2, 0.25) is 0 Å². The molecule has 0 radical (unpaired) electrons. The smallest absolute Gasteiger partial charge is 0.114 e. The predicted octanol–water partition coefficient (Wildman–Crippen LogP) is -0.453. The Kier molecular flexibility index (Phi) is 10.5. The number of aliphatic hydroxyl groups excluding tert-OH is 3. The first-order chi connectivity index (χ1) is 8.62. The Labute approximate surface area is 108 Å². The molecule has 0 unspecified atom stereocenters. The van der Waals surface area contributed by atoms with E-state index in [-0.39, 0.29) is 13.2 Å². The molecule has 0 aromatic heterocycles. The van der Waals surface area contributed by atoms with Gasteiger partial charge in [-0.1, -0.05) is 0 Å². The highest BCUT2D eigenvalue weighted by atomic mass is 16.5. The molecular formula is C12H26O6. The van der Waals surface area contributed by atoms with Crippen LogP contribution in [0.3, 0.4) is 0 Å². The predicted molar refractivity (Wildman–Crippen MR) is 66.4 cm³/mol. The fraction of sp³-hybridized carbons (Fsp3) is 1.00. The fourth-order valence-electron chi connectivity index (χ4n) is 1.65. The summed E-state index contributed by atoms with van der Waals surface area (Å²) >= 11 is 0. The number of hydrogen-bond acceptors (Lipinski definition) is 6. The van der Waals surface area contributed by atoms with Gasteiger partial charge in [-0.25, -0.2) is 0 Å². The third kappa shape index (κ3) is 6.08. The highest BCUT2D eigenvalue weighted by Gasteiger charge is 2.33. The van der Waals surface area contributed by atoms with Gasteiger partial charge in [0.1, 0.15) is 24.4 Å². The van der Waals surface area contributed by atoms with E-state index < -0.39 is 24.4 Å². The largest absolute Gasteiger partial charge is 0.394 e. The van der Waals surface area contributed by atoms with Crippen LogP contribution >= 0.6 is 0 Å². The van der Waals surface area contributed by atoms with Crippen LogP contribution in [0.1, 0.15) is 20.8 Å². The van der Waals surface area contributed by atoms with Gasteiger partial charge >= 0.3 is 0 Å². The van der Waals surface area contributed by atoms with Crippen LogP contribution in [-0.2, 0) is 14.2 Å². The summed E-state index contributed by atoms with van der Waals surface area (Å²) in [6, 6.07) is 0. The minimum Gasteiger partial charge on any atom is -0.394 e. The number of aliphatic hydroxyl groups is 3. The van der Waals surface area contributed by atoms with Crippen LogP contribution in [-0.4, -0.2) is 72.8 Å². The molecule has 3 N–H and O–H groups in total. The molecular weight excluding hydrogens is 240 g/mol. The minimum absolute atomic E-state index is 0.0719. The fourth-order valence-corrected chi connectivity index (χ4v) is 1.65. The lowest BCUT2D eigenvalue weighted by Gasteiger charge is -2.31. The van der Waals surface area contributed by atoms with Crippen molar-refractivity contribution in [1.82, 2.24) is 0 Å². The van der Waals surface area contributed by atoms with Gasteiger partial charge in [-0.2, -0.15) is 0 Å². The zero-order chi connectivity index (χ0) is 14.0. The maximum absolute atomic E-state index is 10.1. The normalized spacial score (nSPS) is 18.3. The lowest BCUT2D eigenvalue weighted by Crippen LogP contribution is -2.49. The minimum atomic E-state index is -1.11. The van der Waals surface area contributed by atoms with Crippen LogP contribution in [0.4, 0.5) is 0 Å². The summed E-state index contributed by atoms with van der Waals surface area (Å²) in [5.74, 6) is 0. The Hall–Kier alpha value is -0.240. The van der Waals surface area contributed by atoms with E-state index in [4.69, 9.17) is 19.3 Å². The highest BCUT2D eigenvalue weighted by Crippen LogP contribution is 2.12. The van der Waals surface area contributed by atoms with Crippen molar-refractivity contribution >= 4 is 0 Å². The average molecular weight is 266 g/mol. The van der Waals surface area contributed by atoms with Gasteiger partial charge in [-0.15, -0.1) is 0 Å². The van der Waals surface area contributed by atoms with E-state index in [0.29, 0.717) is 19.8 Å². The highest BCUT2D eigenvalue weighted by molar-refractivity contribution is 4.83. The zero-order valence-electron chi connectivity index (χ0n) is 11.4. The van der Waals surface area contributed by atoms with Crippen LogP contribution in [0.5, 0.6) is 0 Å². The molecule has 0 bridgehead atoms. The maximum atomic E-state index is 10.1. The first kappa shape index (κ1) is 17.8. The summed E-state index contributed by atoms with van der Waals surface area (Å²) in [7, 11) is 0. The van der Waals surface area contributed by atoms with Crippen molar-refractivity contribution in [1.29, 1.82) is 0 Å². The number of hydrogen-bond donors (Lipinski definition) is 3. The Morgan fingerprint density at radius 1 is 0.944 bits per heavy atom. The molecule has 0 fully saturated rings. The Balaban J connectivity index is 4.52. The molecule has 6 nitrogen and oxygen atoms in total. The van der Waals surface area contributed by atoms with Gasteiger partial charge in [0.2, 0.25) is 0 Å². The zero-order valence-corrected chi connectivity index (χ0v) is 11.4. The van der Waals surface area contributed by atoms with Crippen LogP contribution in [0.25, 0.3) is 0 Å². The van der Waals surface area contributed by atoms with E-state index in [9.17, 15) is 10.2 Å². The summed E-state index contributed by atoms with van der Waals surface area (Å²) < 4.78 is 15.6. The van der Waals surface area contributed by atoms with Crippen molar-refractivity contribution in [2.45, 2.75) is 45.2 Å². The maximum Gasteiger partial charge on any atom is 0.114 e. The second-order valence-corrected chi connectivity index (χ2v) is 3.81. The lowest BCUT2D eigenvalue weighted by atomic mass is 10.0. The number of rotatable bonds is 11. The first-order valence-electron chi connectivity index (χ1n) is 6.40. The van der Waals surface area contributed by atoms with Gasteiger partial charge in [0.25, 0.3) is 0 Å². The molecule has 0 heterocycles. The molecule has 0 aliphatic rings. The van der Waals surface area contributed by atoms with Crippen molar-refractivity contribution in [2.75, 3.05) is 33.0 Å².